The van der Waals surface area contributed by atoms with Gasteiger partial charge in [-0.05, 0) is 19.9 Å². The Morgan fingerprint density at radius 2 is 2.12 bits per heavy atom. The second kappa shape index (κ2) is 4.31. The van der Waals surface area contributed by atoms with Gasteiger partial charge in [-0.15, -0.1) is 0 Å². The van der Waals surface area contributed by atoms with Gasteiger partial charge < -0.3 is 0 Å². The van der Waals surface area contributed by atoms with E-state index in [1.807, 2.05) is 19.9 Å². The van der Waals surface area contributed by atoms with E-state index in [0.717, 1.165) is 11.9 Å². The molecule has 0 aliphatic rings. The lowest BCUT2D eigenvalue weighted by atomic mass is 10.3. The Hall–Kier alpha value is -0.850. The lowest BCUT2D eigenvalue weighted by molar-refractivity contribution is -0.104. The fraction of sp³-hybridized carbons (Fsp3) is 0.286. The maximum atomic E-state index is 9.71. The molecular formula is C7H10O. The third kappa shape index (κ3) is 3.34. The molecule has 0 aliphatic carbocycles. The molecule has 0 bridgehead atoms. The van der Waals surface area contributed by atoms with Crippen molar-refractivity contribution >= 4 is 6.29 Å². The number of hydrogen-bond acceptors (Lipinski definition) is 1. The van der Waals surface area contributed by atoms with Crippen molar-refractivity contribution in [1.29, 1.82) is 0 Å². The lowest BCUT2D eigenvalue weighted by Gasteiger charge is -1.81. The summed E-state index contributed by atoms with van der Waals surface area (Å²) in [5.74, 6) is 0. The fourth-order valence-corrected chi connectivity index (χ4v) is 0.287. The molecule has 0 spiro atoms. The average molecular weight is 110 g/mol. The summed E-state index contributed by atoms with van der Waals surface area (Å²) in [6.45, 7) is 3.88. The van der Waals surface area contributed by atoms with Gasteiger partial charge in [0, 0.05) is 0 Å². The predicted molar refractivity (Wildman–Crippen MR) is 34.6 cm³/mol. The van der Waals surface area contributed by atoms with Gasteiger partial charge in [-0.2, -0.15) is 0 Å². The Bertz CT molecular complexity index is 120. The molecule has 0 rings (SSSR count). The molecule has 0 atom stereocenters. The summed E-state index contributed by atoms with van der Waals surface area (Å²) in [6, 6.07) is 0. The summed E-state index contributed by atoms with van der Waals surface area (Å²) >= 11 is 0. The molecular weight excluding hydrogens is 100 g/mol. The molecule has 8 heavy (non-hydrogen) atoms. The molecule has 0 fully saturated rings. The van der Waals surface area contributed by atoms with E-state index in [0.29, 0.717) is 0 Å². The number of hydrogen-bond donors (Lipinski definition) is 0. The van der Waals surface area contributed by atoms with E-state index < -0.39 is 0 Å². The Morgan fingerprint density at radius 1 is 1.50 bits per heavy atom. The van der Waals surface area contributed by atoms with E-state index in [1.54, 1.807) is 6.08 Å². The first-order valence-corrected chi connectivity index (χ1v) is 2.56. The van der Waals surface area contributed by atoms with Gasteiger partial charge in [-0.3, -0.25) is 4.79 Å². The quantitative estimate of drug-likeness (QED) is 0.300. The van der Waals surface area contributed by atoms with Gasteiger partial charge in [0.15, 0.2) is 0 Å². The Kier molecular flexibility index (Phi) is 3.85. The summed E-state index contributed by atoms with van der Waals surface area (Å²) in [5.41, 5.74) is 1.11. The smallest absolute Gasteiger partial charge is 0.142 e. The zero-order valence-corrected chi connectivity index (χ0v) is 5.22. The Labute approximate surface area is 49.7 Å². The molecule has 0 aromatic rings. The molecule has 0 saturated heterocycles. The largest absolute Gasteiger partial charge is 0.299 e. The zero-order valence-electron chi connectivity index (χ0n) is 5.22. The molecule has 0 aromatic carbocycles. The average Bonchev–Trinajstić information content (AvgIpc) is 1.83. The first-order chi connectivity index (χ1) is 3.81. The van der Waals surface area contributed by atoms with E-state index in [2.05, 4.69) is 0 Å². The van der Waals surface area contributed by atoms with Crippen LogP contribution in [0.15, 0.2) is 23.8 Å². The van der Waals surface area contributed by atoms with Gasteiger partial charge in [-0.1, -0.05) is 17.7 Å². The van der Waals surface area contributed by atoms with E-state index in [-0.39, 0.29) is 0 Å². The monoisotopic (exact) mass is 110 g/mol. The Morgan fingerprint density at radius 3 is 2.50 bits per heavy atom. The van der Waals surface area contributed by atoms with Crippen molar-refractivity contribution in [3.63, 3.8) is 0 Å². The summed E-state index contributed by atoms with van der Waals surface area (Å²) in [5, 5.41) is 0. The number of rotatable bonds is 2. The van der Waals surface area contributed by atoms with Gasteiger partial charge in [-0.25, -0.2) is 0 Å². The number of carbonyl (C=O) groups excluding carboxylic acids is 1. The van der Waals surface area contributed by atoms with Crippen LogP contribution in [0.1, 0.15) is 13.8 Å². The number of carbonyl (C=O) groups is 1. The first kappa shape index (κ1) is 7.15. The molecule has 0 N–H and O–H groups in total. The number of aldehydes is 1. The SMILES string of the molecule is C/C=C(C)\C=C\C=O. The standard InChI is InChI=1S/C7H10O/c1-3-7(2)5-4-6-8/h3-6H,1-2H3/b5-4+,7-3-. The zero-order chi connectivity index (χ0) is 6.41. The van der Waals surface area contributed by atoms with Crippen molar-refractivity contribution in [1.82, 2.24) is 0 Å². The van der Waals surface area contributed by atoms with Crippen LogP contribution >= 0.6 is 0 Å². The minimum atomic E-state index is 0.771. The summed E-state index contributed by atoms with van der Waals surface area (Å²) in [7, 11) is 0. The van der Waals surface area contributed by atoms with Crippen LogP contribution in [0, 0.1) is 0 Å². The highest BCUT2D eigenvalue weighted by atomic mass is 16.1. The molecule has 1 heteroatoms. The first-order valence-electron chi connectivity index (χ1n) is 2.56. The molecule has 0 aliphatic heterocycles. The van der Waals surface area contributed by atoms with Crippen molar-refractivity contribution in [3.05, 3.63) is 23.8 Å². The van der Waals surface area contributed by atoms with Gasteiger partial charge in [0.1, 0.15) is 6.29 Å². The van der Waals surface area contributed by atoms with Crippen molar-refractivity contribution in [2.45, 2.75) is 13.8 Å². The van der Waals surface area contributed by atoms with E-state index in [9.17, 15) is 4.79 Å². The summed E-state index contributed by atoms with van der Waals surface area (Å²) in [6.07, 6.45) is 5.97. The normalized spacial score (nSPS) is 12.5. The highest BCUT2D eigenvalue weighted by Crippen LogP contribution is 1.90. The molecule has 0 aromatic heterocycles. The van der Waals surface area contributed by atoms with Crippen LogP contribution in [0.5, 0.6) is 0 Å². The third-order valence-electron chi connectivity index (χ3n) is 0.893. The van der Waals surface area contributed by atoms with Crippen LogP contribution in [0.25, 0.3) is 0 Å². The molecule has 0 radical (unpaired) electrons. The van der Waals surface area contributed by atoms with Gasteiger partial charge in [0.25, 0.3) is 0 Å². The van der Waals surface area contributed by atoms with Gasteiger partial charge in [0.05, 0.1) is 0 Å². The van der Waals surface area contributed by atoms with E-state index in [4.69, 9.17) is 0 Å². The fourth-order valence-electron chi connectivity index (χ4n) is 0.287. The third-order valence-corrected chi connectivity index (χ3v) is 0.893. The van der Waals surface area contributed by atoms with Gasteiger partial charge >= 0.3 is 0 Å². The topological polar surface area (TPSA) is 17.1 Å². The van der Waals surface area contributed by atoms with Crippen molar-refractivity contribution in [3.8, 4) is 0 Å². The van der Waals surface area contributed by atoms with E-state index in [1.165, 1.54) is 6.08 Å². The lowest BCUT2D eigenvalue weighted by Crippen LogP contribution is -1.64. The minimum Gasteiger partial charge on any atom is -0.299 e. The van der Waals surface area contributed by atoms with Crippen LogP contribution in [-0.4, -0.2) is 6.29 Å². The molecule has 44 valence electrons. The highest BCUT2D eigenvalue weighted by molar-refractivity contribution is 5.65. The predicted octanol–water partition coefficient (Wildman–Crippen LogP) is 1.71. The molecule has 0 saturated carbocycles. The Balaban J connectivity index is 3.69. The van der Waals surface area contributed by atoms with Crippen LogP contribution in [0.4, 0.5) is 0 Å². The van der Waals surface area contributed by atoms with Gasteiger partial charge in [0.2, 0.25) is 0 Å². The summed E-state index contributed by atoms with van der Waals surface area (Å²) in [4.78, 5) is 9.71. The summed E-state index contributed by atoms with van der Waals surface area (Å²) < 4.78 is 0. The number of allylic oxidation sites excluding steroid dienone is 4. The maximum absolute atomic E-state index is 9.71. The molecule has 0 amide bonds. The molecule has 1 nitrogen and oxygen atoms in total. The van der Waals surface area contributed by atoms with Crippen molar-refractivity contribution < 1.29 is 4.79 Å². The van der Waals surface area contributed by atoms with Crippen LogP contribution < -0.4 is 0 Å². The molecule has 0 unspecified atom stereocenters. The van der Waals surface area contributed by atoms with Crippen molar-refractivity contribution in [2.75, 3.05) is 0 Å². The second-order valence-corrected chi connectivity index (χ2v) is 1.53. The molecule has 0 heterocycles. The van der Waals surface area contributed by atoms with Crippen molar-refractivity contribution in [2.24, 2.45) is 0 Å². The van der Waals surface area contributed by atoms with Crippen LogP contribution in [-0.2, 0) is 4.79 Å². The minimum absolute atomic E-state index is 0.771. The maximum Gasteiger partial charge on any atom is 0.142 e. The van der Waals surface area contributed by atoms with E-state index >= 15 is 0 Å². The van der Waals surface area contributed by atoms with Crippen LogP contribution in [0.2, 0.25) is 0 Å². The highest BCUT2D eigenvalue weighted by Gasteiger charge is 1.72. The second-order valence-electron chi connectivity index (χ2n) is 1.53. The van der Waals surface area contributed by atoms with Crippen LogP contribution in [0.3, 0.4) is 0 Å².